The lowest BCUT2D eigenvalue weighted by Gasteiger charge is -2.40. The van der Waals surface area contributed by atoms with Gasteiger partial charge in [-0.15, -0.1) is 13.2 Å². The molecule has 2 amide bonds. The van der Waals surface area contributed by atoms with Crippen LogP contribution in [0.25, 0.3) is 0 Å². The number of hydrogen-bond donors (Lipinski definition) is 1. The molecule has 2 bridgehead atoms. The van der Waals surface area contributed by atoms with Crippen LogP contribution in [0.3, 0.4) is 0 Å². The molecule has 2 unspecified atom stereocenters. The lowest BCUT2D eigenvalue weighted by molar-refractivity contribution is -0.162. The molecule has 8 heteroatoms. The van der Waals surface area contributed by atoms with E-state index >= 15 is 0 Å². The highest BCUT2D eigenvalue weighted by molar-refractivity contribution is 5.98. The molecule has 3 aliphatic heterocycles. The van der Waals surface area contributed by atoms with Crippen molar-refractivity contribution in [3.05, 3.63) is 25.3 Å². The van der Waals surface area contributed by atoms with Crippen LogP contribution < -0.4 is 0 Å². The van der Waals surface area contributed by atoms with Crippen molar-refractivity contribution in [3.8, 4) is 0 Å². The SMILES string of the molecule is C=CCCCCOC(=O)[C@H]1[C@H]2C(=O)N([C@@H](CO)C(C)C)C(C(=O)N(CC=C)CCCCC)C23CC[C@]1(C)O3. The van der Waals surface area contributed by atoms with E-state index in [9.17, 15) is 19.5 Å². The summed E-state index contributed by atoms with van der Waals surface area (Å²) < 4.78 is 12.4. The summed E-state index contributed by atoms with van der Waals surface area (Å²) >= 11 is 0. The predicted octanol–water partition coefficient (Wildman–Crippen LogP) is 3.87. The van der Waals surface area contributed by atoms with Crippen molar-refractivity contribution in [1.82, 2.24) is 9.80 Å². The molecule has 0 aliphatic carbocycles. The number of carbonyl (C=O) groups excluding carboxylic acids is 3. The van der Waals surface area contributed by atoms with E-state index in [1.165, 1.54) is 0 Å². The van der Waals surface area contributed by atoms with Gasteiger partial charge in [0.25, 0.3) is 0 Å². The number of amides is 2. The van der Waals surface area contributed by atoms with Gasteiger partial charge < -0.3 is 24.4 Å². The van der Waals surface area contributed by atoms with Crippen LogP contribution in [0.5, 0.6) is 0 Å². The van der Waals surface area contributed by atoms with E-state index in [1.54, 1.807) is 15.9 Å². The number of fused-ring (bicyclic) bond motifs is 1. The standard InChI is InChI=1S/C30H48N2O6/c1-7-10-12-14-19-37-28(36)24-23-26(34)32(22(20-33)21(4)5)25(30(23)16-15-29(24,6)38-30)27(35)31(17-9-3)18-13-11-8-2/h7,9,21-25,33H,1,3,8,10-20H2,2,4-6H3/t22-,23-,24+,25?,29-,30?/m0/s1. The lowest BCUT2D eigenvalue weighted by atomic mass is 9.66. The molecule has 6 atom stereocenters. The molecule has 0 aromatic heterocycles. The number of hydrogen-bond acceptors (Lipinski definition) is 6. The second-order valence-electron chi connectivity index (χ2n) is 11.7. The normalized spacial score (nSPS) is 30.4. The Morgan fingerprint density at radius 3 is 2.55 bits per heavy atom. The summed E-state index contributed by atoms with van der Waals surface area (Å²) in [6.45, 7) is 16.3. The van der Waals surface area contributed by atoms with Crippen LogP contribution in [-0.4, -0.2) is 82.3 Å². The average molecular weight is 533 g/mol. The molecule has 0 aromatic carbocycles. The van der Waals surface area contributed by atoms with Crippen LogP contribution in [0.1, 0.15) is 79.1 Å². The minimum atomic E-state index is -1.12. The molecule has 3 rings (SSSR count). The molecule has 0 saturated carbocycles. The molecular formula is C30H48N2O6. The largest absolute Gasteiger partial charge is 0.465 e. The van der Waals surface area contributed by atoms with Gasteiger partial charge in [-0.25, -0.2) is 0 Å². The maximum Gasteiger partial charge on any atom is 0.312 e. The smallest absolute Gasteiger partial charge is 0.312 e. The molecule has 1 spiro atoms. The fourth-order valence-corrected chi connectivity index (χ4v) is 6.80. The van der Waals surface area contributed by atoms with E-state index < -0.39 is 41.1 Å². The van der Waals surface area contributed by atoms with Crippen LogP contribution >= 0.6 is 0 Å². The monoisotopic (exact) mass is 532 g/mol. The number of carbonyl (C=O) groups is 3. The number of aliphatic hydroxyl groups excluding tert-OH is 1. The van der Waals surface area contributed by atoms with Crippen molar-refractivity contribution in [2.45, 2.75) is 102 Å². The van der Waals surface area contributed by atoms with Gasteiger partial charge in [0.05, 0.1) is 30.8 Å². The van der Waals surface area contributed by atoms with Crippen molar-refractivity contribution in [2.24, 2.45) is 17.8 Å². The summed E-state index contributed by atoms with van der Waals surface area (Å²) in [5.41, 5.74) is -2.00. The van der Waals surface area contributed by atoms with Gasteiger partial charge in [0.2, 0.25) is 11.8 Å². The summed E-state index contributed by atoms with van der Waals surface area (Å²) in [7, 11) is 0. The van der Waals surface area contributed by atoms with Gasteiger partial charge >= 0.3 is 5.97 Å². The van der Waals surface area contributed by atoms with Gasteiger partial charge in [-0.2, -0.15) is 0 Å². The molecule has 0 radical (unpaired) electrons. The Morgan fingerprint density at radius 2 is 1.95 bits per heavy atom. The molecular weight excluding hydrogens is 484 g/mol. The first-order chi connectivity index (χ1) is 18.1. The number of likely N-dealkylation sites (tertiary alicyclic amines) is 1. The van der Waals surface area contributed by atoms with Gasteiger partial charge in [-0.3, -0.25) is 14.4 Å². The maximum atomic E-state index is 14.3. The van der Waals surface area contributed by atoms with E-state index in [0.717, 1.165) is 32.1 Å². The number of unbranched alkanes of at least 4 members (excludes halogenated alkanes) is 4. The second-order valence-corrected chi connectivity index (χ2v) is 11.7. The Labute approximate surface area is 228 Å². The number of rotatable bonds is 16. The molecule has 1 N–H and O–H groups in total. The molecule has 214 valence electrons. The van der Waals surface area contributed by atoms with E-state index in [1.807, 2.05) is 26.8 Å². The summed E-state index contributed by atoms with van der Waals surface area (Å²) in [5, 5.41) is 10.4. The Kier molecular flexibility index (Phi) is 10.2. The van der Waals surface area contributed by atoms with Crippen LogP contribution in [0.2, 0.25) is 0 Å². The minimum Gasteiger partial charge on any atom is -0.465 e. The topological polar surface area (TPSA) is 96.4 Å². The fraction of sp³-hybridized carbons (Fsp3) is 0.767. The summed E-state index contributed by atoms with van der Waals surface area (Å²) in [4.78, 5) is 45.3. The molecule has 3 aliphatic rings. The van der Waals surface area contributed by atoms with Crippen molar-refractivity contribution in [2.75, 3.05) is 26.3 Å². The summed E-state index contributed by atoms with van der Waals surface area (Å²) in [6, 6.07) is -1.47. The van der Waals surface area contributed by atoms with E-state index in [2.05, 4.69) is 20.1 Å². The highest BCUT2D eigenvalue weighted by Gasteiger charge is 2.79. The zero-order valence-electron chi connectivity index (χ0n) is 23.8. The highest BCUT2D eigenvalue weighted by Crippen LogP contribution is 2.63. The Balaban J connectivity index is 1.99. The number of ether oxygens (including phenoxy) is 2. The Morgan fingerprint density at radius 1 is 1.21 bits per heavy atom. The fourth-order valence-electron chi connectivity index (χ4n) is 6.80. The van der Waals surface area contributed by atoms with Gasteiger partial charge in [-0.1, -0.05) is 45.8 Å². The first kappa shape index (κ1) is 30.4. The third-order valence-electron chi connectivity index (χ3n) is 8.76. The second kappa shape index (κ2) is 12.8. The third kappa shape index (κ3) is 5.44. The predicted molar refractivity (Wildman–Crippen MR) is 146 cm³/mol. The van der Waals surface area contributed by atoms with Gasteiger partial charge in [-0.05, 0) is 51.4 Å². The molecule has 38 heavy (non-hydrogen) atoms. The summed E-state index contributed by atoms with van der Waals surface area (Å²) in [5.74, 6) is -2.62. The molecule has 3 heterocycles. The zero-order chi connectivity index (χ0) is 28.1. The quantitative estimate of drug-likeness (QED) is 0.184. The average Bonchev–Trinajstić information content (AvgIpc) is 3.44. The molecule has 0 aromatic rings. The van der Waals surface area contributed by atoms with Crippen molar-refractivity contribution in [1.29, 1.82) is 0 Å². The minimum absolute atomic E-state index is 0.0922. The van der Waals surface area contributed by atoms with Crippen molar-refractivity contribution < 1.29 is 29.0 Å². The first-order valence-electron chi connectivity index (χ1n) is 14.4. The third-order valence-corrected chi connectivity index (χ3v) is 8.76. The van der Waals surface area contributed by atoms with Gasteiger partial charge in [0.1, 0.15) is 17.6 Å². The van der Waals surface area contributed by atoms with Crippen LogP contribution in [-0.2, 0) is 23.9 Å². The zero-order valence-corrected chi connectivity index (χ0v) is 23.8. The number of nitrogens with zero attached hydrogens (tertiary/aromatic N) is 2. The van der Waals surface area contributed by atoms with Crippen molar-refractivity contribution >= 4 is 17.8 Å². The molecule has 3 fully saturated rings. The molecule has 8 nitrogen and oxygen atoms in total. The Bertz CT molecular complexity index is 890. The number of allylic oxidation sites excluding steroid dienone is 1. The molecule has 3 saturated heterocycles. The summed E-state index contributed by atoms with van der Waals surface area (Å²) in [6.07, 6.45) is 9.90. The highest BCUT2D eigenvalue weighted by atomic mass is 16.6. The van der Waals surface area contributed by atoms with Gasteiger partial charge in [0, 0.05) is 13.1 Å². The van der Waals surface area contributed by atoms with Crippen molar-refractivity contribution in [3.63, 3.8) is 0 Å². The first-order valence-corrected chi connectivity index (χ1v) is 14.4. The number of aliphatic hydroxyl groups is 1. The van der Waals surface area contributed by atoms with Gasteiger partial charge in [0.15, 0.2) is 0 Å². The van der Waals surface area contributed by atoms with E-state index in [4.69, 9.17) is 9.47 Å². The van der Waals surface area contributed by atoms with E-state index in [-0.39, 0.29) is 30.9 Å². The Hall–Kier alpha value is -2.19. The maximum absolute atomic E-state index is 14.3. The van der Waals surface area contributed by atoms with Crippen LogP contribution in [0.15, 0.2) is 25.3 Å². The van der Waals surface area contributed by atoms with Crippen LogP contribution in [0.4, 0.5) is 0 Å². The lowest BCUT2D eigenvalue weighted by Crippen LogP contribution is -2.59. The number of esters is 1. The van der Waals surface area contributed by atoms with E-state index in [0.29, 0.717) is 32.4 Å². The van der Waals surface area contributed by atoms with Crippen LogP contribution in [0, 0.1) is 17.8 Å².